The van der Waals surface area contributed by atoms with Gasteiger partial charge >= 0.3 is 5.97 Å². The number of hydrogen-bond acceptors (Lipinski definition) is 8. The van der Waals surface area contributed by atoms with Crippen LogP contribution in [0.2, 0.25) is 0 Å². The Morgan fingerprint density at radius 3 is 2.22 bits per heavy atom. The van der Waals surface area contributed by atoms with E-state index in [1.165, 1.54) is 27.4 Å². The third-order valence-electron chi connectivity index (χ3n) is 6.05. The number of amides is 2. The summed E-state index contributed by atoms with van der Waals surface area (Å²) in [4.78, 5) is 37.0. The highest BCUT2D eigenvalue weighted by Gasteiger charge is 2.16. The van der Waals surface area contributed by atoms with Gasteiger partial charge in [0.05, 0.1) is 32.5 Å². The van der Waals surface area contributed by atoms with Gasteiger partial charge in [0.2, 0.25) is 5.91 Å². The van der Waals surface area contributed by atoms with Gasteiger partial charge < -0.3 is 24.3 Å². The summed E-state index contributed by atoms with van der Waals surface area (Å²) in [5, 5.41) is 2.89. The molecular formula is C30H34BrN3O7. The molecule has 10 nitrogen and oxygen atoms in total. The van der Waals surface area contributed by atoms with E-state index < -0.39 is 5.97 Å². The molecule has 0 fully saturated rings. The van der Waals surface area contributed by atoms with Gasteiger partial charge in [-0.1, -0.05) is 24.6 Å². The zero-order valence-corrected chi connectivity index (χ0v) is 24.8. The maximum atomic E-state index is 12.7. The molecule has 0 saturated carbocycles. The van der Waals surface area contributed by atoms with Crippen molar-refractivity contribution in [3.63, 3.8) is 0 Å². The maximum Gasteiger partial charge on any atom is 0.343 e. The van der Waals surface area contributed by atoms with Crippen LogP contribution in [0.25, 0.3) is 0 Å². The van der Waals surface area contributed by atoms with Gasteiger partial charge in [0, 0.05) is 24.0 Å². The van der Waals surface area contributed by atoms with E-state index in [0.29, 0.717) is 54.3 Å². The number of hydrogen-bond donors (Lipinski definition) is 3. The number of benzene rings is 3. The summed E-state index contributed by atoms with van der Waals surface area (Å²) in [6.07, 6.45) is 2.65. The van der Waals surface area contributed by atoms with Crippen molar-refractivity contribution < 1.29 is 33.3 Å². The first kappa shape index (κ1) is 31.4. The Balaban J connectivity index is 1.37. The van der Waals surface area contributed by atoms with E-state index in [-0.39, 0.29) is 17.6 Å². The molecular weight excluding hydrogens is 594 g/mol. The highest BCUT2D eigenvalue weighted by atomic mass is 79.9. The normalized spacial score (nSPS) is 10.4. The Bertz CT molecular complexity index is 1350. The fourth-order valence-electron chi connectivity index (χ4n) is 3.87. The average molecular weight is 629 g/mol. The lowest BCUT2D eigenvalue weighted by Gasteiger charge is -2.13. The lowest BCUT2D eigenvalue weighted by Crippen LogP contribution is -2.36. The Morgan fingerprint density at radius 2 is 1.49 bits per heavy atom. The second kappa shape index (κ2) is 16.2. The van der Waals surface area contributed by atoms with Crippen molar-refractivity contribution in [2.45, 2.75) is 32.2 Å². The van der Waals surface area contributed by atoms with Crippen molar-refractivity contribution in [2.24, 2.45) is 0 Å². The van der Waals surface area contributed by atoms with Crippen LogP contribution in [-0.4, -0.2) is 45.7 Å². The molecule has 2 amide bonds. The van der Waals surface area contributed by atoms with Crippen LogP contribution in [0, 0.1) is 0 Å². The standard InChI is InChI=1S/C30H34BrN3O7/c1-38-24-15-13-21(18-27(24)40-3)30(37)41-25-14-12-20(17-26(25)39-2)19-33-34-28(35)11-5-4-8-16-32-29(36)22-9-6-7-10-23(22)31/h6-7,9-10,12-15,17-18,33H,4-5,8,11,16,19H2,1-3H3,(H,32,36)(H,34,35). The highest BCUT2D eigenvalue weighted by Crippen LogP contribution is 2.31. The number of carbonyl (C=O) groups is 3. The number of methoxy groups -OCH3 is 3. The van der Waals surface area contributed by atoms with Crippen molar-refractivity contribution >= 4 is 33.7 Å². The highest BCUT2D eigenvalue weighted by molar-refractivity contribution is 9.10. The first-order valence-corrected chi connectivity index (χ1v) is 13.8. The third-order valence-corrected chi connectivity index (χ3v) is 6.75. The van der Waals surface area contributed by atoms with E-state index in [0.717, 1.165) is 22.9 Å². The zero-order valence-electron chi connectivity index (χ0n) is 23.3. The predicted molar refractivity (Wildman–Crippen MR) is 157 cm³/mol. The summed E-state index contributed by atoms with van der Waals surface area (Å²) >= 11 is 3.37. The molecule has 41 heavy (non-hydrogen) atoms. The zero-order chi connectivity index (χ0) is 29.6. The second-order valence-corrected chi connectivity index (χ2v) is 9.75. The number of nitrogens with one attached hydrogen (secondary N) is 3. The van der Waals surface area contributed by atoms with Crippen molar-refractivity contribution in [3.8, 4) is 23.0 Å². The molecule has 0 aliphatic heterocycles. The van der Waals surface area contributed by atoms with Crippen molar-refractivity contribution in [3.05, 3.63) is 81.8 Å². The summed E-state index contributed by atoms with van der Waals surface area (Å²) in [5.74, 6) is 0.717. The third kappa shape index (κ3) is 9.51. The summed E-state index contributed by atoms with van der Waals surface area (Å²) in [7, 11) is 4.48. The molecule has 3 N–H and O–H groups in total. The molecule has 0 unspecified atom stereocenters. The minimum absolute atomic E-state index is 0.125. The van der Waals surface area contributed by atoms with E-state index in [4.69, 9.17) is 18.9 Å². The largest absolute Gasteiger partial charge is 0.493 e. The van der Waals surface area contributed by atoms with Crippen LogP contribution in [0.1, 0.15) is 52.0 Å². The first-order chi connectivity index (χ1) is 19.9. The van der Waals surface area contributed by atoms with Crippen LogP contribution >= 0.6 is 15.9 Å². The molecule has 11 heteroatoms. The topological polar surface area (TPSA) is 124 Å². The second-order valence-electron chi connectivity index (χ2n) is 8.89. The minimum atomic E-state index is -0.575. The van der Waals surface area contributed by atoms with Crippen LogP contribution in [-0.2, 0) is 11.3 Å². The Kier molecular flexibility index (Phi) is 12.5. The lowest BCUT2D eigenvalue weighted by atomic mass is 10.1. The van der Waals surface area contributed by atoms with Crippen LogP contribution in [0.5, 0.6) is 23.0 Å². The minimum Gasteiger partial charge on any atom is -0.493 e. The van der Waals surface area contributed by atoms with Crippen LogP contribution in [0.3, 0.4) is 0 Å². The van der Waals surface area contributed by atoms with Crippen molar-refractivity contribution in [2.75, 3.05) is 27.9 Å². The number of unbranched alkanes of at least 4 members (excludes halogenated alkanes) is 2. The summed E-state index contributed by atoms with van der Waals surface area (Å²) in [6, 6.07) is 17.1. The SMILES string of the molecule is COc1ccc(C(=O)Oc2ccc(CNNC(=O)CCCCCNC(=O)c3ccccc3Br)cc2OC)cc1OC. The molecule has 3 aromatic carbocycles. The molecule has 3 rings (SSSR count). The number of carbonyl (C=O) groups excluding carboxylic acids is 3. The van der Waals surface area contributed by atoms with E-state index >= 15 is 0 Å². The molecule has 0 heterocycles. The van der Waals surface area contributed by atoms with E-state index in [1.54, 1.807) is 36.4 Å². The number of halogens is 1. The molecule has 0 bridgehead atoms. The molecule has 0 spiro atoms. The monoisotopic (exact) mass is 627 g/mol. The number of esters is 1. The number of rotatable bonds is 15. The van der Waals surface area contributed by atoms with Gasteiger partial charge in [-0.05, 0) is 76.8 Å². The molecule has 0 aliphatic carbocycles. The lowest BCUT2D eigenvalue weighted by molar-refractivity contribution is -0.122. The summed E-state index contributed by atoms with van der Waals surface area (Å²) < 4.78 is 22.1. The molecule has 218 valence electrons. The van der Waals surface area contributed by atoms with Crippen LogP contribution < -0.4 is 35.1 Å². The fraction of sp³-hybridized carbons (Fsp3) is 0.300. The maximum absolute atomic E-state index is 12.7. The summed E-state index contributed by atoms with van der Waals surface area (Å²) in [5.41, 5.74) is 7.29. The molecule has 0 atom stereocenters. The van der Waals surface area contributed by atoms with Gasteiger partial charge in [0.15, 0.2) is 23.0 Å². The molecule has 0 aromatic heterocycles. The molecule has 0 saturated heterocycles. The quantitative estimate of drug-likeness (QED) is 0.0949. The van der Waals surface area contributed by atoms with Gasteiger partial charge in [-0.25, -0.2) is 10.2 Å². The number of ether oxygens (including phenoxy) is 4. The fourth-order valence-corrected chi connectivity index (χ4v) is 4.33. The smallest absolute Gasteiger partial charge is 0.343 e. The van der Waals surface area contributed by atoms with Gasteiger partial charge in [-0.3, -0.25) is 15.0 Å². The van der Waals surface area contributed by atoms with Crippen molar-refractivity contribution in [1.82, 2.24) is 16.2 Å². The Hall–Kier alpha value is -4.09. The van der Waals surface area contributed by atoms with Gasteiger partial charge in [-0.2, -0.15) is 0 Å². The summed E-state index contributed by atoms with van der Waals surface area (Å²) in [6.45, 7) is 0.883. The first-order valence-electron chi connectivity index (χ1n) is 13.0. The van der Waals surface area contributed by atoms with Crippen molar-refractivity contribution in [1.29, 1.82) is 0 Å². The average Bonchev–Trinajstić information content (AvgIpc) is 2.99. The van der Waals surface area contributed by atoms with E-state index in [1.807, 2.05) is 18.2 Å². The van der Waals surface area contributed by atoms with Gasteiger partial charge in [-0.15, -0.1) is 0 Å². The van der Waals surface area contributed by atoms with Gasteiger partial charge in [0.25, 0.3) is 5.91 Å². The Labute approximate surface area is 247 Å². The van der Waals surface area contributed by atoms with E-state index in [9.17, 15) is 14.4 Å². The van der Waals surface area contributed by atoms with Crippen LogP contribution in [0.15, 0.2) is 65.1 Å². The Morgan fingerprint density at radius 1 is 0.780 bits per heavy atom. The molecule has 0 radical (unpaired) electrons. The molecule has 0 aliphatic rings. The predicted octanol–water partition coefficient (Wildman–Crippen LogP) is 4.81. The number of hydrazine groups is 1. The van der Waals surface area contributed by atoms with Crippen LogP contribution in [0.4, 0.5) is 0 Å². The molecule has 3 aromatic rings. The van der Waals surface area contributed by atoms with E-state index in [2.05, 4.69) is 32.1 Å². The van der Waals surface area contributed by atoms with Gasteiger partial charge in [0.1, 0.15) is 0 Å².